The topological polar surface area (TPSA) is 104 Å². The maximum absolute atomic E-state index is 14.5. The number of hydrogen-bond donors (Lipinski definition) is 3. The molecule has 0 radical (unpaired) electrons. The first kappa shape index (κ1) is 18.0. The third-order valence-electron chi connectivity index (χ3n) is 6.76. The van der Waals surface area contributed by atoms with E-state index in [1.165, 1.54) is 0 Å². The highest BCUT2D eigenvalue weighted by molar-refractivity contribution is 5.93. The van der Waals surface area contributed by atoms with Gasteiger partial charge in [-0.2, -0.15) is 5.10 Å². The number of carboxylic acid groups (broad SMARTS) is 1. The average Bonchev–Trinajstić information content (AvgIpc) is 3.34. The number of carboxylic acids is 1. The molecule has 2 fully saturated rings. The molecular formula is C21H22FN5O2. The fourth-order valence-electron chi connectivity index (χ4n) is 5.36. The van der Waals surface area contributed by atoms with Gasteiger partial charge in [0.2, 0.25) is 0 Å². The summed E-state index contributed by atoms with van der Waals surface area (Å²) in [6.45, 7) is 3.99. The zero-order valence-electron chi connectivity index (χ0n) is 16.2. The van der Waals surface area contributed by atoms with E-state index in [2.05, 4.69) is 25.5 Å². The molecule has 0 aliphatic heterocycles. The standard InChI is InChI=1S/C21H22FN5O2/c1-10-4-3-5-12-15(10)26-27-17(12)19-23-9-13(22)18(25-19)24-16-11-6-7-21(2,8-11)14(16)20(28)29/h3-5,9,11,14,16H,6-8H2,1-2H3,(H,26,27)(H,28,29)(H,23,24,25)/t11-,14-,16-,21+/m0/s1. The van der Waals surface area contributed by atoms with E-state index in [-0.39, 0.29) is 23.2 Å². The molecule has 29 heavy (non-hydrogen) atoms. The van der Waals surface area contributed by atoms with E-state index in [1.807, 2.05) is 32.0 Å². The molecule has 1 aromatic carbocycles. The number of halogens is 1. The van der Waals surface area contributed by atoms with Crippen molar-refractivity contribution in [3.8, 4) is 11.5 Å². The Hall–Kier alpha value is -3.03. The van der Waals surface area contributed by atoms with Crippen LogP contribution in [0.15, 0.2) is 24.4 Å². The first-order chi connectivity index (χ1) is 13.9. The lowest BCUT2D eigenvalue weighted by atomic mass is 9.74. The quantitative estimate of drug-likeness (QED) is 0.621. The maximum atomic E-state index is 14.5. The summed E-state index contributed by atoms with van der Waals surface area (Å²) in [6.07, 6.45) is 3.80. The number of carbonyl (C=O) groups is 1. The van der Waals surface area contributed by atoms with Gasteiger partial charge in [0.15, 0.2) is 17.5 Å². The molecule has 2 bridgehead atoms. The maximum Gasteiger partial charge on any atom is 0.309 e. The van der Waals surface area contributed by atoms with E-state index < -0.39 is 17.7 Å². The van der Waals surface area contributed by atoms with Crippen molar-refractivity contribution in [2.24, 2.45) is 17.3 Å². The second kappa shape index (κ2) is 6.23. The van der Waals surface area contributed by atoms with Gasteiger partial charge < -0.3 is 10.4 Å². The molecule has 3 N–H and O–H groups in total. The Labute approximate surface area is 166 Å². The normalized spacial score (nSPS) is 28.2. The lowest BCUT2D eigenvalue weighted by Crippen LogP contribution is -2.43. The second-order valence-corrected chi connectivity index (χ2v) is 8.60. The van der Waals surface area contributed by atoms with Gasteiger partial charge in [-0.05, 0) is 43.1 Å². The van der Waals surface area contributed by atoms with Crippen LogP contribution in [0.5, 0.6) is 0 Å². The van der Waals surface area contributed by atoms with Crippen LogP contribution in [0.2, 0.25) is 0 Å². The lowest BCUT2D eigenvalue weighted by molar-refractivity contribution is -0.146. The molecule has 2 aliphatic carbocycles. The van der Waals surface area contributed by atoms with Gasteiger partial charge in [-0.15, -0.1) is 0 Å². The van der Waals surface area contributed by atoms with E-state index in [1.54, 1.807) is 0 Å². The van der Waals surface area contributed by atoms with Crippen molar-refractivity contribution in [2.75, 3.05) is 5.32 Å². The van der Waals surface area contributed by atoms with Gasteiger partial charge in [0.1, 0.15) is 5.69 Å². The number of hydrogen-bond acceptors (Lipinski definition) is 5. The molecule has 2 aliphatic rings. The van der Waals surface area contributed by atoms with Crippen LogP contribution in [0, 0.1) is 30.0 Å². The number of aromatic amines is 1. The number of aromatic nitrogens is 4. The van der Waals surface area contributed by atoms with Crippen LogP contribution >= 0.6 is 0 Å². The lowest BCUT2D eigenvalue weighted by Gasteiger charge is -2.34. The predicted molar refractivity (Wildman–Crippen MR) is 106 cm³/mol. The Bertz CT molecular complexity index is 1130. The molecule has 150 valence electrons. The first-order valence-electron chi connectivity index (χ1n) is 9.83. The zero-order chi connectivity index (χ0) is 20.3. The van der Waals surface area contributed by atoms with Crippen LogP contribution in [0.1, 0.15) is 31.7 Å². The third kappa shape index (κ3) is 2.69. The van der Waals surface area contributed by atoms with E-state index in [9.17, 15) is 14.3 Å². The van der Waals surface area contributed by atoms with Gasteiger partial charge in [-0.1, -0.05) is 25.1 Å². The Morgan fingerprint density at radius 2 is 2.24 bits per heavy atom. The summed E-state index contributed by atoms with van der Waals surface area (Å²) < 4.78 is 14.5. The number of H-pyrrole nitrogens is 1. The van der Waals surface area contributed by atoms with Gasteiger partial charge in [0, 0.05) is 11.4 Å². The van der Waals surface area contributed by atoms with Crippen LogP contribution in [0.25, 0.3) is 22.4 Å². The summed E-state index contributed by atoms with van der Waals surface area (Å²) in [6, 6.07) is 5.46. The number of aliphatic carboxylic acids is 1. The Kier molecular flexibility index (Phi) is 3.88. The Balaban J connectivity index is 1.52. The minimum absolute atomic E-state index is 0.0396. The molecule has 5 rings (SSSR count). The molecule has 2 heterocycles. The molecular weight excluding hydrogens is 373 g/mol. The van der Waals surface area contributed by atoms with Gasteiger partial charge in [-0.25, -0.2) is 14.4 Å². The molecule has 8 heteroatoms. The summed E-state index contributed by atoms with van der Waals surface area (Å²) in [5.41, 5.74) is 2.20. The summed E-state index contributed by atoms with van der Waals surface area (Å²) >= 11 is 0. The summed E-state index contributed by atoms with van der Waals surface area (Å²) in [5.74, 6) is -1.42. The van der Waals surface area contributed by atoms with Gasteiger partial charge in [0.25, 0.3) is 0 Å². The van der Waals surface area contributed by atoms with Crippen molar-refractivity contribution in [3.05, 3.63) is 35.8 Å². The van der Waals surface area contributed by atoms with Crippen molar-refractivity contribution in [3.63, 3.8) is 0 Å². The van der Waals surface area contributed by atoms with Crippen LogP contribution in [-0.4, -0.2) is 37.3 Å². The molecule has 2 aromatic heterocycles. The minimum Gasteiger partial charge on any atom is -0.481 e. The van der Waals surface area contributed by atoms with E-state index >= 15 is 0 Å². The highest BCUT2D eigenvalue weighted by atomic mass is 19.1. The van der Waals surface area contributed by atoms with Crippen molar-refractivity contribution < 1.29 is 14.3 Å². The van der Waals surface area contributed by atoms with Gasteiger partial charge in [-0.3, -0.25) is 9.89 Å². The molecule has 0 spiro atoms. The van der Waals surface area contributed by atoms with Crippen molar-refractivity contribution in [2.45, 2.75) is 39.2 Å². The largest absolute Gasteiger partial charge is 0.481 e. The minimum atomic E-state index is -0.836. The van der Waals surface area contributed by atoms with Crippen LogP contribution < -0.4 is 5.32 Å². The molecule has 0 unspecified atom stereocenters. The average molecular weight is 395 g/mol. The summed E-state index contributed by atoms with van der Waals surface area (Å²) in [4.78, 5) is 20.5. The molecule has 2 saturated carbocycles. The Morgan fingerprint density at radius 3 is 3.03 bits per heavy atom. The van der Waals surface area contributed by atoms with E-state index in [4.69, 9.17) is 0 Å². The van der Waals surface area contributed by atoms with Crippen LogP contribution in [-0.2, 0) is 4.79 Å². The van der Waals surface area contributed by atoms with E-state index in [0.717, 1.165) is 41.9 Å². The highest BCUT2D eigenvalue weighted by Crippen LogP contribution is 2.58. The van der Waals surface area contributed by atoms with Crippen LogP contribution in [0.3, 0.4) is 0 Å². The number of fused-ring (bicyclic) bond motifs is 3. The fraction of sp³-hybridized carbons (Fsp3) is 0.429. The van der Waals surface area contributed by atoms with Crippen molar-refractivity contribution in [1.29, 1.82) is 0 Å². The van der Waals surface area contributed by atoms with Crippen molar-refractivity contribution >= 4 is 22.7 Å². The number of para-hydroxylation sites is 1. The number of benzene rings is 1. The number of nitrogens with zero attached hydrogens (tertiary/aromatic N) is 3. The molecule has 3 aromatic rings. The number of anilines is 1. The summed E-state index contributed by atoms with van der Waals surface area (Å²) in [7, 11) is 0. The third-order valence-corrected chi connectivity index (χ3v) is 6.76. The second-order valence-electron chi connectivity index (χ2n) is 8.60. The predicted octanol–water partition coefficient (Wildman–Crippen LogP) is 3.77. The zero-order valence-corrected chi connectivity index (χ0v) is 16.2. The monoisotopic (exact) mass is 395 g/mol. The molecule has 0 saturated heterocycles. The van der Waals surface area contributed by atoms with Crippen LogP contribution in [0.4, 0.5) is 10.2 Å². The van der Waals surface area contributed by atoms with Gasteiger partial charge >= 0.3 is 5.97 Å². The number of nitrogens with one attached hydrogen (secondary N) is 2. The van der Waals surface area contributed by atoms with E-state index in [0.29, 0.717) is 11.5 Å². The number of rotatable bonds is 4. The number of aryl methyl sites for hydroxylation is 1. The fourth-order valence-corrected chi connectivity index (χ4v) is 5.36. The molecule has 7 nitrogen and oxygen atoms in total. The van der Waals surface area contributed by atoms with Gasteiger partial charge in [0.05, 0.1) is 17.6 Å². The summed E-state index contributed by atoms with van der Waals surface area (Å²) in [5, 5.41) is 21.0. The SMILES string of the molecule is Cc1cccc2c(-c3ncc(F)c(N[C@H]4[C@H]5CC[C@](C)(C5)[C@@H]4C(=O)O)n3)[nH]nc12. The smallest absolute Gasteiger partial charge is 0.309 e. The Morgan fingerprint density at radius 1 is 1.41 bits per heavy atom. The van der Waals surface area contributed by atoms with Crippen molar-refractivity contribution in [1.82, 2.24) is 20.2 Å². The molecule has 0 amide bonds. The molecule has 4 atom stereocenters. The first-order valence-corrected chi connectivity index (χ1v) is 9.83. The highest BCUT2D eigenvalue weighted by Gasteiger charge is 2.58.